The Kier molecular flexibility index (Phi) is 8.55. The SMILES string of the molecule is CC(=O)OC1C(n2cc(F)c(=O)[nH]c2=O)OC(CCl)(COCc2ccccc2)C1OCc1ccccc1. The average molecular weight is 533 g/mol. The zero-order chi connectivity index (χ0) is 26.4. The van der Waals surface area contributed by atoms with Crippen molar-refractivity contribution in [1.82, 2.24) is 9.55 Å². The van der Waals surface area contributed by atoms with Crippen LogP contribution in [0.15, 0.2) is 76.4 Å². The van der Waals surface area contributed by atoms with Crippen LogP contribution < -0.4 is 11.2 Å². The number of nitrogens with zero attached hydrogens (tertiary/aromatic N) is 1. The summed E-state index contributed by atoms with van der Waals surface area (Å²) in [5.41, 5.74) is -1.81. The maximum absolute atomic E-state index is 14.2. The molecule has 2 heterocycles. The Morgan fingerprint density at radius 3 is 2.30 bits per heavy atom. The molecule has 0 amide bonds. The fourth-order valence-electron chi connectivity index (χ4n) is 4.19. The third-order valence-corrected chi connectivity index (χ3v) is 6.36. The second kappa shape index (κ2) is 11.8. The quantitative estimate of drug-likeness (QED) is 0.316. The molecule has 0 aliphatic carbocycles. The second-order valence-electron chi connectivity index (χ2n) is 8.62. The molecule has 9 nitrogen and oxygen atoms in total. The van der Waals surface area contributed by atoms with Crippen molar-refractivity contribution >= 4 is 17.6 Å². The molecule has 11 heteroatoms. The first-order valence-corrected chi connectivity index (χ1v) is 12.1. The van der Waals surface area contributed by atoms with Gasteiger partial charge in [-0.3, -0.25) is 19.1 Å². The van der Waals surface area contributed by atoms with Crippen molar-refractivity contribution in [1.29, 1.82) is 0 Å². The van der Waals surface area contributed by atoms with Gasteiger partial charge in [0.2, 0.25) is 5.82 Å². The topological polar surface area (TPSA) is 109 Å². The molecular weight excluding hydrogens is 507 g/mol. The third-order valence-electron chi connectivity index (χ3n) is 5.91. The molecule has 4 atom stereocenters. The summed E-state index contributed by atoms with van der Waals surface area (Å²) in [6.07, 6.45) is -2.89. The maximum atomic E-state index is 14.2. The Balaban J connectivity index is 1.70. The number of aromatic amines is 1. The van der Waals surface area contributed by atoms with Crippen molar-refractivity contribution in [2.75, 3.05) is 12.5 Å². The van der Waals surface area contributed by atoms with E-state index >= 15 is 0 Å². The summed E-state index contributed by atoms with van der Waals surface area (Å²) in [4.78, 5) is 38.2. The van der Waals surface area contributed by atoms with Gasteiger partial charge in [-0.05, 0) is 11.1 Å². The van der Waals surface area contributed by atoms with Crippen molar-refractivity contribution in [2.45, 2.75) is 44.2 Å². The second-order valence-corrected chi connectivity index (χ2v) is 8.89. The Hall–Kier alpha value is -3.31. The van der Waals surface area contributed by atoms with Gasteiger partial charge in [0.15, 0.2) is 12.3 Å². The van der Waals surface area contributed by atoms with Gasteiger partial charge in [0.1, 0.15) is 11.7 Å². The number of alkyl halides is 1. The third kappa shape index (κ3) is 6.16. The highest BCUT2D eigenvalue weighted by molar-refractivity contribution is 6.18. The van der Waals surface area contributed by atoms with E-state index in [0.717, 1.165) is 15.7 Å². The number of H-pyrrole nitrogens is 1. The van der Waals surface area contributed by atoms with E-state index < -0.39 is 47.1 Å². The fraction of sp³-hybridized carbons (Fsp3) is 0.346. The van der Waals surface area contributed by atoms with E-state index in [-0.39, 0.29) is 25.7 Å². The minimum atomic E-state index is -1.40. The van der Waals surface area contributed by atoms with Crippen molar-refractivity contribution in [3.8, 4) is 0 Å². The zero-order valence-corrected chi connectivity index (χ0v) is 20.7. The maximum Gasteiger partial charge on any atom is 0.330 e. The molecule has 1 aliphatic rings. The summed E-state index contributed by atoms with van der Waals surface area (Å²) in [6, 6.07) is 18.7. The Labute approximate surface area is 216 Å². The van der Waals surface area contributed by atoms with Gasteiger partial charge < -0.3 is 18.9 Å². The van der Waals surface area contributed by atoms with E-state index in [1.165, 1.54) is 6.92 Å². The molecule has 4 unspecified atom stereocenters. The number of rotatable bonds is 10. The normalized spacial score (nSPS) is 23.2. The van der Waals surface area contributed by atoms with Gasteiger partial charge in [-0.25, -0.2) is 4.79 Å². The summed E-state index contributed by atoms with van der Waals surface area (Å²) < 4.78 is 38.9. The van der Waals surface area contributed by atoms with Gasteiger partial charge in [0.05, 0.1) is 31.9 Å². The highest BCUT2D eigenvalue weighted by atomic mass is 35.5. The minimum absolute atomic E-state index is 0.0975. The highest BCUT2D eigenvalue weighted by Crippen LogP contribution is 2.42. The largest absolute Gasteiger partial charge is 0.455 e. The molecule has 0 saturated carbocycles. The van der Waals surface area contributed by atoms with Crippen molar-refractivity contribution < 1.29 is 28.1 Å². The molecule has 1 fully saturated rings. The summed E-state index contributed by atoms with van der Waals surface area (Å²) in [7, 11) is 0. The van der Waals surface area contributed by atoms with Crippen LogP contribution in [0.4, 0.5) is 4.39 Å². The summed E-state index contributed by atoms with van der Waals surface area (Å²) in [6.45, 7) is 1.42. The molecule has 37 heavy (non-hydrogen) atoms. The first-order chi connectivity index (χ1) is 17.8. The monoisotopic (exact) mass is 532 g/mol. The number of carbonyl (C=O) groups is 1. The summed E-state index contributed by atoms with van der Waals surface area (Å²) in [5, 5.41) is 0. The van der Waals surface area contributed by atoms with Gasteiger partial charge in [-0.1, -0.05) is 60.7 Å². The molecule has 196 valence electrons. The molecule has 0 spiro atoms. The van der Waals surface area contributed by atoms with Crippen LogP contribution in [0.3, 0.4) is 0 Å². The highest BCUT2D eigenvalue weighted by Gasteiger charge is 2.58. The molecule has 0 radical (unpaired) electrons. The number of ether oxygens (including phenoxy) is 4. The van der Waals surface area contributed by atoms with Crippen LogP contribution in [0, 0.1) is 5.82 Å². The number of hydrogen-bond acceptors (Lipinski definition) is 7. The van der Waals surface area contributed by atoms with Gasteiger partial charge in [0.25, 0.3) is 5.56 Å². The smallest absolute Gasteiger partial charge is 0.330 e. The van der Waals surface area contributed by atoms with Crippen LogP contribution in [0.2, 0.25) is 0 Å². The Morgan fingerprint density at radius 2 is 1.70 bits per heavy atom. The first kappa shape index (κ1) is 26.7. The number of nitrogens with one attached hydrogen (secondary N) is 1. The molecule has 2 aromatic carbocycles. The lowest BCUT2D eigenvalue weighted by atomic mass is 9.97. The number of halogens is 2. The average Bonchev–Trinajstić information content (AvgIpc) is 3.18. The van der Waals surface area contributed by atoms with Gasteiger partial charge >= 0.3 is 11.7 Å². The number of aromatic nitrogens is 2. The molecule has 1 N–H and O–H groups in total. The Morgan fingerprint density at radius 1 is 1.08 bits per heavy atom. The number of hydrogen-bond donors (Lipinski definition) is 1. The summed E-state index contributed by atoms with van der Waals surface area (Å²) >= 11 is 6.43. The van der Waals surface area contributed by atoms with Crippen LogP contribution in [-0.2, 0) is 37.0 Å². The molecule has 1 aliphatic heterocycles. The van der Waals surface area contributed by atoms with E-state index in [4.69, 9.17) is 30.5 Å². The predicted molar refractivity (Wildman–Crippen MR) is 132 cm³/mol. The van der Waals surface area contributed by atoms with Crippen LogP contribution in [-0.4, -0.2) is 45.8 Å². The molecule has 0 bridgehead atoms. The Bertz CT molecular complexity index is 1320. The van der Waals surface area contributed by atoms with E-state index in [1.807, 2.05) is 65.6 Å². The first-order valence-electron chi connectivity index (χ1n) is 11.5. The number of benzene rings is 2. The molecule has 1 aromatic heterocycles. The van der Waals surface area contributed by atoms with Crippen molar-refractivity contribution in [3.63, 3.8) is 0 Å². The van der Waals surface area contributed by atoms with Gasteiger partial charge in [-0.2, -0.15) is 4.39 Å². The van der Waals surface area contributed by atoms with Crippen LogP contribution in [0.25, 0.3) is 0 Å². The van der Waals surface area contributed by atoms with E-state index in [0.29, 0.717) is 6.20 Å². The van der Waals surface area contributed by atoms with E-state index in [9.17, 15) is 18.8 Å². The number of esters is 1. The number of carbonyl (C=O) groups excluding carboxylic acids is 1. The standard InChI is InChI=1S/C26H26ClFN2O7/c1-17(31)36-21-22(35-14-19-10-6-3-7-11-19)26(15-27,16-34-13-18-8-4-2-5-9-18)37-24(21)30-12-20(28)23(32)29-25(30)33/h2-12,21-22,24H,13-16H2,1H3,(H,29,32,33). The van der Waals surface area contributed by atoms with Crippen LogP contribution >= 0.6 is 11.6 Å². The molecule has 4 rings (SSSR count). The van der Waals surface area contributed by atoms with Gasteiger partial charge in [-0.15, -0.1) is 11.6 Å². The zero-order valence-electron chi connectivity index (χ0n) is 20.0. The van der Waals surface area contributed by atoms with Crippen LogP contribution in [0.1, 0.15) is 24.3 Å². The summed E-state index contributed by atoms with van der Waals surface area (Å²) in [5.74, 6) is -2.06. The van der Waals surface area contributed by atoms with Gasteiger partial charge in [0, 0.05) is 6.92 Å². The van der Waals surface area contributed by atoms with E-state index in [1.54, 1.807) is 0 Å². The lowest BCUT2D eigenvalue weighted by Crippen LogP contribution is -2.51. The molecule has 1 saturated heterocycles. The lowest BCUT2D eigenvalue weighted by Gasteiger charge is -2.33. The van der Waals surface area contributed by atoms with E-state index in [2.05, 4.69) is 0 Å². The molecular formula is C26H26ClFN2O7. The fourth-order valence-corrected chi connectivity index (χ4v) is 4.48. The predicted octanol–water partition coefficient (Wildman–Crippen LogP) is 2.92. The minimum Gasteiger partial charge on any atom is -0.455 e. The van der Waals surface area contributed by atoms with Crippen molar-refractivity contribution in [2.24, 2.45) is 0 Å². The molecule has 3 aromatic rings. The lowest BCUT2D eigenvalue weighted by molar-refractivity contribution is -0.158. The van der Waals surface area contributed by atoms with Crippen LogP contribution in [0.5, 0.6) is 0 Å². The van der Waals surface area contributed by atoms with Crippen molar-refractivity contribution in [3.05, 3.63) is 105 Å².